The fourth-order valence-electron chi connectivity index (χ4n) is 0.923. The Morgan fingerprint density at radius 3 is 2.80 bits per heavy atom. The number of hydrogen-bond donors (Lipinski definition) is 1. The van der Waals surface area contributed by atoms with Gasteiger partial charge in [0, 0.05) is 4.47 Å². The lowest BCUT2D eigenvalue weighted by molar-refractivity contribution is -0.132. The summed E-state index contributed by atoms with van der Waals surface area (Å²) in [6.07, 6.45) is 1.11. The van der Waals surface area contributed by atoms with Crippen molar-refractivity contribution in [3.05, 3.63) is 39.6 Å². The van der Waals surface area contributed by atoms with Gasteiger partial charge in [-0.25, -0.2) is 9.18 Å². The van der Waals surface area contributed by atoms with E-state index in [1.165, 1.54) is 18.2 Å². The fraction of sp³-hybridized carbons (Fsp3) is 0. The lowest BCUT2D eigenvalue weighted by atomic mass is 10.1. The highest BCUT2D eigenvalue weighted by atomic mass is 79.9. The highest BCUT2D eigenvalue weighted by Crippen LogP contribution is 2.20. The van der Waals surface area contributed by atoms with Gasteiger partial charge in [-0.15, -0.1) is 0 Å². The maximum atomic E-state index is 12.8. The van der Waals surface area contributed by atoms with Crippen molar-refractivity contribution in [2.45, 2.75) is 0 Å². The highest BCUT2D eigenvalue weighted by molar-refractivity contribution is 9.10. The third kappa shape index (κ3) is 2.89. The van der Waals surface area contributed by atoms with Crippen molar-refractivity contribution in [2.24, 2.45) is 0 Å². The Morgan fingerprint density at radius 2 is 2.27 bits per heavy atom. The Hall–Kier alpha value is -1.67. The maximum absolute atomic E-state index is 12.8. The summed E-state index contributed by atoms with van der Waals surface area (Å²) in [5, 5.41) is 17.1. The quantitative estimate of drug-likeness (QED) is 0.663. The molecule has 1 aromatic carbocycles. The van der Waals surface area contributed by atoms with Crippen LogP contribution in [0.25, 0.3) is 6.08 Å². The summed E-state index contributed by atoms with van der Waals surface area (Å²) < 4.78 is 13.3. The van der Waals surface area contributed by atoms with Crippen molar-refractivity contribution in [1.82, 2.24) is 0 Å². The molecule has 0 radical (unpaired) electrons. The summed E-state index contributed by atoms with van der Waals surface area (Å²) in [7, 11) is 0. The number of halogens is 2. The van der Waals surface area contributed by atoms with Crippen molar-refractivity contribution in [3.8, 4) is 6.07 Å². The molecule has 0 bridgehead atoms. The van der Waals surface area contributed by atoms with Crippen LogP contribution in [0.4, 0.5) is 4.39 Å². The molecule has 1 rings (SSSR count). The Balaban J connectivity index is 3.23. The van der Waals surface area contributed by atoms with Gasteiger partial charge in [0.2, 0.25) is 0 Å². The third-order valence-corrected chi connectivity index (χ3v) is 2.33. The van der Waals surface area contributed by atoms with Crippen LogP contribution >= 0.6 is 15.9 Å². The van der Waals surface area contributed by atoms with Gasteiger partial charge < -0.3 is 5.11 Å². The number of nitrogens with zero attached hydrogens (tertiary/aromatic N) is 1. The molecular weight excluding hydrogens is 265 g/mol. The molecule has 5 heteroatoms. The predicted molar refractivity (Wildman–Crippen MR) is 55.3 cm³/mol. The first kappa shape index (κ1) is 11.4. The molecule has 0 spiro atoms. The topological polar surface area (TPSA) is 61.1 Å². The molecule has 15 heavy (non-hydrogen) atoms. The van der Waals surface area contributed by atoms with Crippen molar-refractivity contribution in [1.29, 1.82) is 5.26 Å². The van der Waals surface area contributed by atoms with E-state index in [2.05, 4.69) is 15.9 Å². The van der Waals surface area contributed by atoms with Crippen LogP contribution in [0.15, 0.2) is 28.2 Å². The summed E-state index contributed by atoms with van der Waals surface area (Å²) in [5.41, 5.74) is -0.129. The van der Waals surface area contributed by atoms with Crippen LogP contribution in [0.2, 0.25) is 0 Å². The molecule has 0 saturated heterocycles. The van der Waals surface area contributed by atoms with E-state index in [4.69, 9.17) is 10.4 Å². The zero-order valence-corrected chi connectivity index (χ0v) is 8.95. The van der Waals surface area contributed by atoms with Crippen LogP contribution in [0, 0.1) is 17.1 Å². The number of rotatable bonds is 2. The lowest BCUT2D eigenvalue weighted by Gasteiger charge is -1.98. The van der Waals surface area contributed by atoms with Gasteiger partial charge in [0.05, 0.1) is 0 Å². The average Bonchev–Trinajstić information content (AvgIpc) is 2.18. The van der Waals surface area contributed by atoms with E-state index in [1.54, 1.807) is 0 Å². The molecule has 0 aliphatic heterocycles. The highest BCUT2D eigenvalue weighted by Gasteiger charge is 2.07. The number of nitriles is 1. The number of benzene rings is 1. The Labute approximate surface area is 93.6 Å². The van der Waals surface area contributed by atoms with E-state index in [9.17, 15) is 9.18 Å². The van der Waals surface area contributed by atoms with Crippen molar-refractivity contribution < 1.29 is 14.3 Å². The number of carboxylic acid groups (broad SMARTS) is 1. The molecule has 1 N–H and O–H groups in total. The van der Waals surface area contributed by atoms with Crippen molar-refractivity contribution in [3.63, 3.8) is 0 Å². The van der Waals surface area contributed by atoms with Gasteiger partial charge in [-0.2, -0.15) is 5.26 Å². The lowest BCUT2D eigenvalue weighted by Crippen LogP contribution is -1.97. The second kappa shape index (κ2) is 4.71. The average molecular weight is 270 g/mol. The summed E-state index contributed by atoms with van der Waals surface area (Å²) in [6, 6.07) is 5.33. The SMILES string of the molecule is N#C/C(=C\c1cc(F)ccc1Br)C(=O)O. The van der Waals surface area contributed by atoms with Crippen LogP contribution in [-0.2, 0) is 4.79 Å². The van der Waals surface area contributed by atoms with Gasteiger partial charge in [0.25, 0.3) is 0 Å². The Morgan fingerprint density at radius 1 is 1.60 bits per heavy atom. The molecule has 0 fully saturated rings. The van der Waals surface area contributed by atoms with Gasteiger partial charge in [0.15, 0.2) is 0 Å². The first-order chi connectivity index (χ1) is 7.04. The van der Waals surface area contributed by atoms with Gasteiger partial charge >= 0.3 is 5.97 Å². The molecule has 0 atom stereocenters. The molecule has 0 aliphatic carbocycles. The third-order valence-electron chi connectivity index (χ3n) is 1.61. The number of carboxylic acids is 1. The molecule has 0 saturated carbocycles. The second-order valence-corrected chi connectivity index (χ2v) is 3.50. The van der Waals surface area contributed by atoms with Gasteiger partial charge in [-0.3, -0.25) is 0 Å². The minimum absolute atomic E-state index is 0.314. The standard InChI is InChI=1S/C10H5BrFNO2/c11-9-2-1-8(12)4-6(9)3-7(5-13)10(14)15/h1-4H,(H,14,15)/b7-3+. The molecular formula is C10H5BrFNO2. The summed E-state index contributed by atoms with van der Waals surface area (Å²) in [5.74, 6) is -1.83. The van der Waals surface area contributed by atoms with Crippen LogP contribution in [0.3, 0.4) is 0 Å². The van der Waals surface area contributed by atoms with Crippen molar-refractivity contribution in [2.75, 3.05) is 0 Å². The molecule has 76 valence electrons. The van der Waals surface area contributed by atoms with E-state index in [1.807, 2.05) is 0 Å². The summed E-state index contributed by atoms with van der Waals surface area (Å²) in [4.78, 5) is 10.5. The van der Waals surface area contributed by atoms with E-state index in [0.29, 0.717) is 10.0 Å². The van der Waals surface area contributed by atoms with Crippen LogP contribution in [0.5, 0.6) is 0 Å². The fourth-order valence-corrected chi connectivity index (χ4v) is 1.28. The first-order valence-electron chi connectivity index (χ1n) is 3.84. The molecule has 0 unspecified atom stereocenters. The minimum Gasteiger partial charge on any atom is -0.477 e. The van der Waals surface area contributed by atoms with Crippen LogP contribution in [0.1, 0.15) is 5.56 Å². The van der Waals surface area contributed by atoms with E-state index < -0.39 is 17.4 Å². The van der Waals surface area contributed by atoms with Gasteiger partial charge in [-0.1, -0.05) is 15.9 Å². The molecule has 0 aromatic heterocycles. The normalized spacial score (nSPS) is 10.9. The maximum Gasteiger partial charge on any atom is 0.346 e. The monoisotopic (exact) mass is 269 g/mol. The number of hydrogen-bond acceptors (Lipinski definition) is 2. The zero-order valence-electron chi connectivity index (χ0n) is 7.37. The van der Waals surface area contributed by atoms with Crippen molar-refractivity contribution >= 4 is 28.0 Å². The molecule has 3 nitrogen and oxygen atoms in total. The molecule has 1 aromatic rings. The van der Waals surface area contributed by atoms with Gasteiger partial charge in [0.1, 0.15) is 17.5 Å². The largest absolute Gasteiger partial charge is 0.477 e. The zero-order chi connectivity index (χ0) is 11.4. The van der Waals surface area contributed by atoms with E-state index in [-0.39, 0.29) is 0 Å². The van der Waals surface area contributed by atoms with E-state index in [0.717, 1.165) is 12.1 Å². The van der Waals surface area contributed by atoms with Gasteiger partial charge in [-0.05, 0) is 29.8 Å². The summed E-state index contributed by atoms with van der Waals surface area (Å²) in [6.45, 7) is 0. The smallest absolute Gasteiger partial charge is 0.346 e. The van der Waals surface area contributed by atoms with E-state index >= 15 is 0 Å². The number of carbonyl (C=O) groups is 1. The van der Waals surface area contributed by atoms with Crippen LogP contribution < -0.4 is 0 Å². The second-order valence-electron chi connectivity index (χ2n) is 2.64. The first-order valence-corrected chi connectivity index (χ1v) is 4.64. The molecule has 0 aliphatic rings. The predicted octanol–water partition coefficient (Wildman–Crippen LogP) is 2.58. The van der Waals surface area contributed by atoms with Crippen LogP contribution in [-0.4, -0.2) is 11.1 Å². The molecule has 0 heterocycles. The Kier molecular flexibility index (Phi) is 3.58. The summed E-state index contributed by atoms with van der Waals surface area (Å²) >= 11 is 3.12. The molecule has 0 amide bonds. The minimum atomic E-state index is -1.34. The number of aliphatic carboxylic acids is 1. The Bertz CT molecular complexity index is 477.